The molecular weight excluding hydrogens is 462 g/mol. The number of carbonyl (C=O) groups excluding carboxylic acids is 2. The van der Waals surface area contributed by atoms with Gasteiger partial charge in [0.2, 0.25) is 0 Å². The van der Waals surface area contributed by atoms with Crippen LogP contribution in [0.25, 0.3) is 0 Å². The van der Waals surface area contributed by atoms with Crippen LogP contribution in [0.2, 0.25) is 0 Å². The van der Waals surface area contributed by atoms with E-state index in [0.29, 0.717) is 18.1 Å². The Labute approximate surface area is 215 Å². The maximum Gasteiger partial charge on any atom is 0.316 e. The number of hydrogen-bond acceptors (Lipinski definition) is 7. The second-order valence-corrected chi connectivity index (χ2v) is 13.8. The van der Waals surface area contributed by atoms with E-state index >= 15 is 0 Å². The molecule has 198 valence electrons. The number of ketones is 1. The van der Waals surface area contributed by atoms with Gasteiger partial charge in [-0.1, -0.05) is 40.2 Å². The Bertz CT molecular complexity index is 836. The van der Waals surface area contributed by atoms with Gasteiger partial charge in [-0.2, -0.15) is 0 Å². The van der Waals surface area contributed by atoms with Crippen molar-refractivity contribution in [3.8, 4) is 0 Å². The predicted molar refractivity (Wildman–Crippen MR) is 138 cm³/mol. The summed E-state index contributed by atoms with van der Waals surface area (Å²) in [5.41, 5.74) is 1.05. The lowest BCUT2D eigenvalue weighted by Gasteiger charge is -2.61. The molecule has 0 aromatic carbocycles. The molecule has 4 unspecified atom stereocenters. The van der Waals surface area contributed by atoms with E-state index in [0.717, 1.165) is 44.9 Å². The number of aliphatic hydroxyl groups is 1. The molecule has 0 aromatic heterocycles. The number of hydroxylamine groups is 1. The lowest BCUT2D eigenvalue weighted by molar-refractivity contribution is -0.205. The summed E-state index contributed by atoms with van der Waals surface area (Å²) in [7, 11) is 0. The zero-order chi connectivity index (χ0) is 25.6. The molecule has 4 fully saturated rings. The van der Waals surface area contributed by atoms with E-state index in [1.165, 1.54) is 0 Å². The molecule has 0 amide bonds. The van der Waals surface area contributed by atoms with E-state index in [1.54, 1.807) is 11.8 Å². The van der Waals surface area contributed by atoms with Crippen molar-refractivity contribution in [2.45, 2.75) is 109 Å². The SMILES string of the molecule is C=C[C@]1(C)C[C@@H](OC(=O)CSC2CCCC(NO)C2)[C@]2(C)[C@@H]3C(=O)CCC3(CC[C@@H]2C)[C@@H](C)C1O. The Morgan fingerprint density at radius 1 is 1.26 bits per heavy atom. The van der Waals surface area contributed by atoms with Crippen LogP contribution in [0.3, 0.4) is 0 Å². The number of hydrogen-bond donors (Lipinski definition) is 3. The molecule has 4 aliphatic carbocycles. The summed E-state index contributed by atoms with van der Waals surface area (Å²) in [6.45, 7) is 12.6. The largest absolute Gasteiger partial charge is 0.461 e. The van der Waals surface area contributed by atoms with Gasteiger partial charge >= 0.3 is 5.97 Å². The average Bonchev–Trinajstić information content (AvgIpc) is 3.21. The van der Waals surface area contributed by atoms with Crippen molar-refractivity contribution in [3.05, 3.63) is 12.7 Å². The number of esters is 1. The fourth-order valence-electron chi connectivity index (χ4n) is 8.29. The lowest BCUT2D eigenvalue weighted by atomic mass is 9.44. The molecule has 10 atom stereocenters. The van der Waals surface area contributed by atoms with E-state index in [4.69, 9.17) is 4.74 Å². The molecule has 4 rings (SSSR count). The lowest BCUT2D eigenvalue weighted by Crippen LogP contribution is -2.63. The van der Waals surface area contributed by atoms with Gasteiger partial charge in [-0.05, 0) is 62.2 Å². The smallest absolute Gasteiger partial charge is 0.316 e. The summed E-state index contributed by atoms with van der Waals surface area (Å²) in [4.78, 5) is 26.7. The molecule has 0 saturated heterocycles. The minimum absolute atomic E-state index is 0.0274. The van der Waals surface area contributed by atoms with Crippen LogP contribution in [-0.4, -0.2) is 51.3 Å². The molecular formula is C28H45NO5S. The van der Waals surface area contributed by atoms with Gasteiger partial charge in [0, 0.05) is 34.5 Å². The number of rotatable bonds is 6. The van der Waals surface area contributed by atoms with Crippen molar-refractivity contribution in [3.63, 3.8) is 0 Å². The Hall–Kier alpha value is -0.890. The highest BCUT2D eigenvalue weighted by molar-refractivity contribution is 8.00. The third-order valence-corrected chi connectivity index (χ3v) is 12.1. The number of nitrogens with one attached hydrogen (secondary N) is 1. The molecule has 0 heterocycles. The summed E-state index contributed by atoms with van der Waals surface area (Å²) in [6.07, 6.45) is 8.33. The van der Waals surface area contributed by atoms with Gasteiger partial charge in [-0.25, -0.2) is 5.48 Å². The second kappa shape index (κ2) is 10.1. The van der Waals surface area contributed by atoms with E-state index in [2.05, 4.69) is 32.8 Å². The molecule has 4 saturated carbocycles. The van der Waals surface area contributed by atoms with Gasteiger partial charge in [-0.15, -0.1) is 18.3 Å². The van der Waals surface area contributed by atoms with Crippen LogP contribution in [0, 0.1) is 34.0 Å². The van der Waals surface area contributed by atoms with Crippen molar-refractivity contribution in [1.82, 2.24) is 5.48 Å². The van der Waals surface area contributed by atoms with Gasteiger partial charge in [0.15, 0.2) is 0 Å². The van der Waals surface area contributed by atoms with E-state index in [1.807, 2.05) is 13.0 Å². The molecule has 7 heteroatoms. The van der Waals surface area contributed by atoms with Crippen molar-refractivity contribution in [2.24, 2.45) is 34.0 Å². The van der Waals surface area contributed by atoms with Gasteiger partial charge in [0.25, 0.3) is 0 Å². The van der Waals surface area contributed by atoms with Crippen molar-refractivity contribution >= 4 is 23.5 Å². The fourth-order valence-corrected chi connectivity index (χ4v) is 9.44. The average molecular weight is 508 g/mol. The first-order chi connectivity index (χ1) is 16.5. The maximum absolute atomic E-state index is 13.5. The highest BCUT2D eigenvalue weighted by Gasteiger charge is 2.68. The van der Waals surface area contributed by atoms with Crippen molar-refractivity contribution in [2.75, 3.05) is 5.75 Å². The van der Waals surface area contributed by atoms with Crippen molar-refractivity contribution < 1.29 is 24.6 Å². The van der Waals surface area contributed by atoms with Crippen LogP contribution in [0.5, 0.6) is 0 Å². The molecule has 0 aliphatic heterocycles. The quantitative estimate of drug-likeness (QED) is 0.267. The summed E-state index contributed by atoms with van der Waals surface area (Å²) in [6, 6.07) is 0.0863. The predicted octanol–water partition coefficient (Wildman–Crippen LogP) is 4.92. The molecule has 0 aromatic rings. The summed E-state index contributed by atoms with van der Waals surface area (Å²) in [5, 5.41) is 21.2. The van der Waals surface area contributed by atoms with Crippen LogP contribution in [0.15, 0.2) is 12.7 Å². The second-order valence-electron chi connectivity index (χ2n) is 12.5. The van der Waals surface area contributed by atoms with Gasteiger partial charge < -0.3 is 15.1 Å². The minimum Gasteiger partial charge on any atom is -0.461 e. The Kier molecular flexibility index (Phi) is 7.84. The molecule has 3 N–H and O–H groups in total. The number of aliphatic hydroxyl groups excluding tert-OH is 1. The number of ether oxygens (including phenoxy) is 1. The van der Waals surface area contributed by atoms with E-state index < -0.39 is 23.0 Å². The topological polar surface area (TPSA) is 95.9 Å². The van der Waals surface area contributed by atoms with Crippen LogP contribution in [-0.2, 0) is 14.3 Å². The van der Waals surface area contributed by atoms with Crippen LogP contribution in [0.1, 0.15) is 85.5 Å². The number of thioether (sulfide) groups is 1. The summed E-state index contributed by atoms with van der Waals surface area (Å²) in [5.74, 6) is 0.305. The van der Waals surface area contributed by atoms with Gasteiger partial charge in [0.1, 0.15) is 11.9 Å². The first-order valence-corrected chi connectivity index (χ1v) is 14.6. The van der Waals surface area contributed by atoms with Gasteiger partial charge in [0.05, 0.1) is 11.9 Å². The highest BCUT2D eigenvalue weighted by Crippen LogP contribution is 2.68. The third-order valence-electron chi connectivity index (χ3n) is 10.8. The fraction of sp³-hybridized carbons (Fsp3) is 0.857. The summed E-state index contributed by atoms with van der Waals surface area (Å²) >= 11 is 1.61. The first-order valence-electron chi connectivity index (χ1n) is 13.6. The standard InChI is InChI=1S/C28H45NO5S/c1-6-26(4)15-22(34-23(31)16-35-20-9-7-8-19(14-20)29-33)27(5)17(2)10-12-28(18(3)25(26)32)13-11-21(30)24(27)28/h6,17-20,22,24-25,29,32-33H,1,7-16H2,2-5H3/t17-,18-,19?,20?,22+,24-,25?,26+,27+,28?/m0/s1. The number of Topliss-reactive ketones (excluding diaryl/α,β-unsaturated/α-hetero) is 1. The molecule has 0 spiro atoms. The van der Waals surface area contributed by atoms with E-state index in [-0.39, 0.29) is 46.7 Å². The Balaban J connectivity index is 1.61. The maximum atomic E-state index is 13.5. The van der Waals surface area contributed by atoms with Crippen LogP contribution >= 0.6 is 11.8 Å². The minimum atomic E-state index is -0.646. The van der Waals surface area contributed by atoms with Crippen LogP contribution < -0.4 is 5.48 Å². The molecule has 35 heavy (non-hydrogen) atoms. The van der Waals surface area contributed by atoms with Gasteiger partial charge in [-0.3, -0.25) is 9.59 Å². The van der Waals surface area contributed by atoms with Crippen LogP contribution in [0.4, 0.5) is 0 Å². The third kappa shape index (κ3) is 4.53. The Morgan fingerprint density at radius 2 is 2.00 bits per heavy atom. The molecule has 2 bridgehead atoms. The normalized spacial score (nSPS) is 47.9. The summed E-state index contributed by atoms with van der Waals surface area (Å²) < 4.78 is 6.33. The first kappa shape index (κ1) is 27.2. The monoisotopic (exact) mass is 507 g/mol. The molecule has 4 aliphatic rings. The molecule has 0 radical (unpaired) electrons. The van der Waals surface area contributed by atoms with E-state index in [9.17, 15) is 19.9 Å². The Morgan fingerprint density at radius 3 is 2.69 bits per heavy atom. The zero-order valence-corrected chi connectivity index (χ0v) is 22.7. The zero-order valence-electron chi connectivity index (χ0n) is 21.9. The number of carbonyl (C=O) groups is 2. The highest BCUT2D eigenvalue weighted by atomic mass is 32.2. The molecule has 6 nitrogen and oxygen atoms in total. The van der Waals surface area contributed by atoms with Crippen molar-refractivity contribution in [1.29, 1.82) is 0 Å².